The van der Waals surface area contributed by atoms with Crippen LogP contribution in [-0.4, -0.2) is 61.8 Å². The maximum absolute atomic E-state index is 13.8. The van der Waals surface area contributed by atoms with E-state index in [-0.39, 0.29) is 46.4 Å². The Bertz CT molecular complexity index is 1780. The van der Waals surface area contributed by atoms with E-state index in [9.17, 15) is 58.7 Å². The van der Waals surface area contributed by atoms with Gasteiger partial charge in [-0.25, -0.2) is 8.78 Å². The fourth-order valence-corrected chi connectivity index (χ4v) is 4.24. The van der Waals surface area contributed by atoms with E-state index in [1.54, 1.807) is 42.5 Å². The predicted molar refractivity (Wildman–Crippen MR) is 193 cm³/mol. The van der Waals surface area contributed by atoms with Crippen molar-refractivity contribution in [2.24, 2.45) is 5.92 Å². The molecular weight excluding hydrogens is 696 g/mol. The number of halogens is 2. The number of hydrogen-bond donors (Lipinski definition) is 4. The molecule has 0 spiro atoms. The number of nitrogens with one attached hydrogen (secondary N) is 1. The minimum atomic E-state index is -1.03. The van der Waals surface area contributed by atoms with E-state index >= 15 is 0 Å². The maximum atomic E-state index is 13.8. The molecule has 1 amide bonds. The minimum absolute atomic E-state index is 0.0278. The number of ketones is 1. The van der Waals surface area contributed by atoms with E-state index in [2.05, 4.69) is 5.32 Å². The number of Topliss-reactive ketones (excluding diaryl/α,β-unsaturated/α-hetero) is 1. The maximum Gasteiger partial charge on any atom is 0.254 e. The summed E-state index contributed by atoms with van der Waals surface area (Å²) in [6.07, 6.45) is -0.115. The highest BCUT2D eigenvalue weighted by atomic mass is 19.1. The molecule has 0 unspecified atom stereocenters. The van der Waals surface area contributed by atoms with Gasteiger partial charge in [-0.3, -0.25) is 34.6 Å². The average Bonchev–Trinajstić information content (AvgIpc) is 3.14. The highest BCUT2D eigenvalue weighted by Gasteiger charge is 2.26. The number of aromatic hydroxyl groups is 2. The summed E-state index contributed by atoms with van der Waals surface area (Å²) < 4.78 is 26.9. The number of aliphatic hydroxyl groups excluding tert-OH is 1. The predicted octanol–water partition coefficient (Wildman–Crippen LogP) is 6.50. The van der Waals surface area contributed by atoms with Gasteiger partial charge < -0.3 is 20.6 Å². The van der Waals surface area contributed by atoms with Crippen LogP contribution in [0, 0.1) is 37.8 Å². The molecule has 15 heteroatoms. The molecule has 53 heavy (non-hydrogen) atoms. The molecule has 0 heterocycles. The van der Waals surface area contributed by atoms with Crippen LogP contribution < -0.4 is 5.32 Å². The van der Waals surface area contributed by atoms with E-state index in [0.29, 0.717) is 12.0 Å². The molecule has 0 aromatic heterocycles. The van der Waals surface area contributed by atoms with Crippen LogP contribution in [-0.2, 0) is 11.2 Å². The normalized spacial score (nSPS) is 11.8. The summed E-state index contributed by atoms with van der Waals surface area (Å²) in [5.41, 5.74) is 1.16. The summed E-state index contributed by atoms with van der Waals surface area (Å²) in [5.74, 6) is -3.26. The second-order valence-corrected chi connectivity index (χ2v) is 11.8. The number of carbonyl (C=O) groups is 3. The molecule has 0 radical (unpaired) electrons. The van der Waals surface area contributed by atoms with Gasteiger partial charge in [-0.15, -0.1) is 0 Å². The average molecular weight is 740 g/mol. The fourth-order valence-electron chi connectivity index (χ4n) is 4.24. The Kier molecular flexibility index (Phi) is 19.8. The molecule has 0 bridgehead atoms. The number of aldehydes is 1. The van der Waals surface area contributed by atoms with Crippen LogP contribution in [0.4, 0.5) is 8.78 Å². The zero-order valence-electron chi connectivity index (χ0n) is 29.6. The second-order valence-electron chi connectivity index (χ2n) is 11.8. The zero-order chi connectivity index (χ0) is 40.1. The van der Waals surface area contributed by atoms with Crippen LogP contribution in [0.15, 0.2) is 97.1 Å². The Morgan fingerprint density at radius 2 is 1.43 bits per heavy atom. The summed E-state index contributed by atoms with van der Waals surface area (Å²) in [7, 11) is 0. The van der Waals surface area contributed by atoms with Gasteiger partial charge in [-0.2, -0.15) is 0 Å². The van der Waals surface area contributed by atoms with E-state index in [0.717, 1.165) is 42.2 Å². The minimum Gasteiger partial charge on any atom is -0.508 e. The monoisotopic (exact) mass is 739 g/mol. The van der Waals surface area contributed by atoms with E-state index in [4.69, 9.17) is 0 Å². The van der Waals surface area contributed by atoms with Gasteiger partial charge in [0.05, 0.1) is 11.6 Å². The van der Waals surface area contributed by atoms with Crippen molar-refractivity contribution < 1.29 is 48.3 Å². The largest absolute Gasteiger partial charge is 0.508 e. The lowest BCUT2D eigenvalue weighted by atomic mass is 9.95. The van der Waals surface area contributed by atoms with Gasteiger partial charge in [0.15, 0.2) is 5.78 Å². The molecule has 4 rings (SSSR count). The summed E-state index contributed by atoms with van der Waals surface area (Å²) >= 11 is 0. The van der Waals surface area contributed by atoms with Gasteiger partial charge in [-0.05, 0) is 42.2 Å². The first-order valence-corrected chi connectivity index (χ1v) is 16.3. The zero-order valence-corrected chi connectivity index (χ0v) is 29.6. The third-order valence-electron chi connectivity index (χ3n) is 7.13. The number of aliphatic hydroxyl groups is 1. The number of carbonyl (C=O) groups excluding carboxylic acids is 3. The molecule has 0 fully saturated rings. The van der Waals surface area contributed by atoms with Gasteiger partial charge >= 0.3 is 0 Å². The Hall–Kier alpha value is -6.09. The highest BCUT2D eigenvalue weighted by Crippen LogP contribution is 2.21. The number of benzene rings is 4. The van der Waals surface area contributed by atoms with Gasteiger partial charge in [0.2, 0.25) is 12.6 Å². The molecule has 0 saturated heterocycles. The number of nitrogens with zero attached hydrogens (tertiary/aromatic N) is 2. The van der Waals surface area contributed by atoms with Crippen molar-refractivity contribution in [1.82, 2.24) is 5.32 Å². The van der Waals surface area contributed by atoms with Crippen molar-refractivity contribution in [3.8, 4) is 11.5 Å². The van der Waals surface area contributed by atoms with Crippen LogP contribution in [0.3, 0.4) is 0 Å². The molecule has 0 aliphatic rings. The molecule has 4 aromatic carbocycles. The second kappa shape index (κ2) is 23.4. The molecule has 13 nitrogen and oxygen atoms in total. The van der Waals surface area contributed by atoms with E-state index in [1.165, 1.54) is 19.9 Å². The third-order valence-corrected chi connectivity index (χ3v) is 7.13. The quantitative estimate of drug-likeness (QED) is 0.0704. The summed E-state index contributed by atoms with van der Waals surface area (Å²) in [6.45, 7) is 6.63. The van der Waals surface area contributed by atoms with Crippen LogP contribution in [0.25, 0.3) is 0 Å². The topological polar surface area (TPSA) is 210 Å². The number of amides is 1. The van der Waals surface area contributed by atoms with Gasteiger partial charge in [0.1, 0.15) is 35.5 Å². The lowest BCUT2D eigenvalue weighted by Crippen LogP contribution is -2.42. The number of rotatable bonds is 12. The van der Waals surface area contributed by atoms with Crippen LogP contribution >= 0.6 is 0 Å². The third kappa shape index (κ3) is 17.1. The summed E-state index contributed by atoms with van der Waals surface area (Å²) in [5, 5.41) is 50.8. The number of phenols is 2. The molecular formula is C38H43F2N3O10. The van der Waals surface area contributed by atoms with Crippen molar-refractivity contribution >= 4 is 18.0 Å². The van der Waals surface area contributed by atoms with E-state index < -0.39 is 46.4 Å². The van der Waals surface area contributed by atoms with Gasteiger partial charge in [-0.1, -0.05) is 80.6 Å². The molecule has 0 saturated carbocycles. The number of hydrogen-bond acceptors (Lipinski definition) is 10. The highest BCUT2D eigenvalue weighted by molar-refractivity contribution is 5.98. The molecule has 4 N–H and O–H groups in total. The lowest BCUT2D eigenvalue weighted by Gasteiger charge is -2.20. The van der Waals surface area contributed by atoms with E-state index in [1.807, 2.05) is 32.0 Å². The molecule has 3 atom stereocenters. The van der Waals surface area contributed by atoms with Crippen molar-refractivity contribution in [2.45, 2.75) is 58.7 Å². The molecule has 0 aliphatic carbocycles. The summed E-state index contributed by atoms with van der Waals surface area (Å²) in [4.78, 5) is 53.7. The van der Waals surface area contributed by atoms with Crippen LogP contribution in [0.5, 0.6) is 11.5 Å². The van der Waals surface area contributed by atoms with Crippen LogP contribution in [0.2, 0.25) is 0 Å². The Labute approximate surface area is 305 Å². The van der Waals surface area contributed by atoms with Gasteiger partial charge in [0, 0.05) is 47.3 Å². The van der Waals surface area contributed by atoms with Gasteiger partial charge in [0.25, 0.3) is 5.91 Å². The first-order chi connectivity index (χ1) is 25.0. The number of nitro groups is 2. The summed E-state index contributed by atoms with van der Waals surface area (Å²) in [6, 6.07) is 22.2. The van der Waals surface area contributed by atoms with Crippen molar-refractivity contribution in [3.63, 3.8) is 0 Å². The standard InChI is InChI=1S/C20H21F2NO4.C9H11NO3.C7H6O.C2H5NO2/c1-11(2)7-17(19(26)8-12-3-4-13(21)9-18(12)25)23-20(27)15-10-14(24)5-6-16(15)22;1-7(10(12)13)9(11)8-5-3-2-4-6-8;8-6-7-4-2-1-3-5-7;1-2-3(4)5/h3-6,9-11,17,24-25H,7-8H2,1-2H3,(H,23,27);2-7,9,11H,1H3;1-6H;2H2,1H3/t17-;7-,9-;;/m00../s1. The molecule has 0 aliphatic heterocycles. The van der Waals surface area contributed by atoms with Crippen molar-refractivity contribution in [2.75, 3.05) is 6.54 Å². The lowest BCUT2D eigenvalue weighted by molar-refractivity contribution is -0.531. The SMILES string of the molecule is CC(C)C[C@H](NC(=O)c1cc(O)ccc1F)C(=O)Cc1ccc(F)cc1O.CC[N+](=O)[O-].C[C@@H]([C@H](O)c1ccccc1)[N+](=O)[O-].O=Cc1ccccc1. The Morgan fingerprint density at radius 1 is 0.868 bits per heavy atom. The Morgan fingerprint density at radius 3 is 1.91 bits per heavy atom. The first kappa shape index (κ1) is 44.9. The first-order valence-electron chi connectivity index (χ1n) is 16.3. The smallest absolute Gasteiger partial charge is 0.254 e. The van der Waals surface area contributed by atoms with Crippen molar-refractivity contribution in [1.29, 1.82) is 0 Å². The molecule has 284 valence electrons. The number of phenolic OH excluding ortho intramolecular Hbond substituents is 2. The Balaban J connectivity index is 0.000000441. The van der Waals surface area contributed by atoms with Crippen LogP contribution in [0.1, 0.15) is 72.1 Å². The molecule has 4 aromatic rings. The van der Waals surface area contributed by atoms with Crippen molar-refractivity contribution in [3.05, 3.63) is 151 Å². The fraction of sp³-hybridized carbons (Fsp3) is 0.289.